The van der Waals surface area contributed by atoms with Gasteiger partial charge < -0.3 is 15.7 Å². The summed E-state index contributed by atoms with van der Waals surface area (Å²) in [4.78, 5) is 12.0. The molecule has 0 spiro atoms. The lowest BCUT2D eigenvalue weighted by Gasteiger charge is -2.29. The molecule has 3 N–H and O–H groups in total. The fourth-order valence-corrected chi connectivity index (χ4v) is 1.96. The van der Waals surface area contributed by atoms with Crippen LogP contribution in [-0.2, 0) is 5.54 Å². The molecule has 0 bridgehead atoms. The molecule has 0 aliphatic rings. The summed E-state index contributed by atoms with van der Waals surface area (Å²) in [6.45, 7) is 1.49. The summed E-state index contributed by atoms with van der Waals surface area (Å²) in [6, 6.07) is 14.2. The van der Waals surface area contributed by atoms with E-state index >= 15 is 0 Å². The highest BCUT2D eigenvalue weighted by atomic mass is 19.1. The Morgan fingerprint density at radius 3 is 2.33 bits per heavy atom. The molecule has 110 valence electrons. The van der Waals surface area contributed by atoms with Crippen LogP contribution in [-0.4, -0.2) is 17.7 Å². The van der Waals surface area contributed by atoms with Crippen LogP contribution in [0.4, 0.5) is 14.9 Å². The average molecular weight is 288 g/mol. The SMILES string of the molecule is CC(CO)(NC(=O)Nc1ccc(F)cc1)c1ccccc1. The second-order valence-electron chi connectivity index (χ2n) is 4.94. The van der Waals surface area contributed by atoms with Crippen LogP contribution in [0.5, 0.6) is 0 Å². The molecule has 0 saturated carbocycles. The van der Waals surface area contributed by atoms with Crippen molar-refractivity contribution in [3.63, 3.8) is 0 Å². The molecule has 0 radical (unpaired) electrons. The molecular weight excluding hydrogens is 271 g/mol. The molecule has 21 heavy (non-hydrogen) atoms. The number of rotatable bonds is 4. The fourth-order valence-electron chi connectivity index (χ4n) is 1.96. The summed E-state index contributed by atoms with van der Waals surface area (Å²) >= 11 is 0. The van der Waals surface area contributed by atoms with Gasteiger partial charge in [-0.25, -0.2) is 9.18 Å². The van der Waals surface area contributed by atoms with Crippen molar-refractivity contribution in [1.29, 1.82) is 0 Å². The van der Waals surface area contributed by atoms with Crippen molar-refractivity contribution in [2.75, 3.05) is 11.9 Å². The van der Waals surface area contributed by atoms with Crippen LogP contribution >= 0.6 is 0 Å². The number of carbonyl (C=O) groups is 1. The van der Waals surface area contributed by atoms with Gasteiger partial charge in [0.05, 0.1) is 12.1 Å². The third-order valence-electron chi connectivity index (χ3n) is 3.22. The Morgan fingerprint density at radius 2 is 1.76 bits per heavy atom. The van der Waals surface area contributed by atoms with E-state index < -0.39 is 11.6 Å². The van der Waals surface area contributed by atoms with Gasteiger partial charge in [-0.3, -0.25) is 0 Å². The first-order chi connectivity index (χ1) is 10.0. The first-order valence-corrected chi connectivity index (χ1v) is 6.54. The molecule has 0 saturated heterocycles. The van der Waals surface area contributed by atoms with E-state index in [1.54, 1.807) is 6.92 Å². The van der Waals surface area contributed by atoms with Gasteiger partial charge >= 0.3 is 6.03 Å². The first-order valence-electron chi connectivity index (χ1n) is 6.54. The molecule has 0 heterocycles. The van der Waals surface area contributed by atoms with Gasteiger partial charge in [0.1, 0.15) is 5.82 Å². The molecule has 0 aliphatic carbocycles. The van der Waals surface area contributed by atoms with Gasteiger partial charge in [-0.05, 0) is 36.8 Å². The highest BCUT2D eigenvalue weighted by molar-refractivity contribution is 5.89. The maximum atomic E-state index is 12.8. The quantitative estimate of drug-likeness (QED) is 0.810. The molecule has 4 nitrogen and oxygen atoms in total. The van der Waals surface area contributed by atoms with Gasteiger partial charge in [-0.1, -0.05) is 30.3 Å². The van der Waals surface area contributed by atoms with Gasteiger partial charge in [-0.2, -0.15) is 0 Å². The summed E-state index contributed by atoms with van der Waals surface area (Å²) in [7, 11) is 0. The second-order valence-corrected chi connectivity index (χ2v) is 4.94. The van der Waals surface area contributed by atoms with Gasteiger partial charge in [-0.15, -0.1) is 0 Å². The summed E-state index contributed by atoms with van der Waals surface area (Å²) in [5, 5.41) is 14.9. The normalized spacial score (nSPS) is 13.3. The van der Waals surface area contributed by atoms with Crippen molar-refractivity contribution in [2.24, 2.45) is 0 Å². The van der Waals surface area contributed by atoms with E-state index in [9.17, 15) is 14.3 Å². The Hall–Kier alpha value is -2.40. The molecule has 2 amide bonds. The Labute approximate surface area is 122 Å². The second kappa shape index (κ2) is 6.37. The summed E-state index contributed by atoms with van der Waals surface area (Å²) in [5.74, 6) is -0.370. The van der Waals surface area contributed by atoms with Crippen molar-refractivity contribution in [3.8, 4) is 0 Å². The number of benzene rings is 2. The number of aliphatic hydroxyl groups is 1. The lowest BCUT2D eigenvalue weighted by atomic mass is 9.93. The van der Waals surface area contributed by atoms with Gasteiger partial charge in [0.2, 0.25) is 0 Å². The van der Waals surface area contributed by atoms with Crippen molar-refractivity contribution in [3.05, 3.63) is 66.0 Å². The highest BCUT2D eigenvalue weighted by Crippen LogP contribution is 2.20. The molecule has 0 fully saturated rings. The largest absolute Gasteiger partial charge is 0.394 e. The number of nitrogens with one attached hydrogen (secondary N) is 2. The van der Waals surface area contributed by atoms with E-state index in [0.29, 0.717) is 5.69 Å². The third-order valence-corrected chi connectivity index (χ3v) is 3.22. The van der Waals surface area contributed by atoms with Crippen LogP contribution < -0.4 is 10.6 Å². The molecule has 5 heteroatoms. The third kappa shape index (κ3) is 3.79. The number of hydrogen-bond donors (Lipinski definition) is 3. The van der Waals surface area contributed by atoms with Crippen LogP contribution in [0.3, 0.4) is 0 Å². The van der Waals surface area contributed by atoms with Crippen LogP contribution in [0.25, 0.3) is 0 Å². The maximum absolute atomic E-state index is 12.8. The Bertz CT molecular complexity index is 601. The number of aliphatic hydroxyl groups excluding tert-OH is 1. The van der Waals surface area contributed by atoms with Crippen molar-refractivity contribution in [1.82, 2.24) is 5.32 Å². The standard InChI is InChI=1S/C16H17FN2O2/c1-16(11-20,12-5-3-2-4-6-12)19-15(21)18-14-9-7-13(17)8-10-14/h2-10,20H,11H2,1H3,(H2,18,19,21). The topological polar surface area (TPSA) is 61.4 Å². The van der Waals surface area contributed by atoms with Gasteiger partial charge in [0, 0.05) is 5.69 Å². The smallest absolute Gasteiger partial charge is 0.320 e. The Balaban J connectivity index is 2.08. The summed E-state index contributed by atoms with van der Waals surface area (Å²) < 4.78 is 12.8. The lowest BCUT2D eigenvalue weighted by Crippen LogP contribution is -2.48. The molecule has 0 aliphatic heterocycles. The fraction of sp³-hybridized carbons (Fsp3) is 0.188. The monoisotopic (exact) mass is 288 g/mol. The van der Waals surface area contributed by atoms with Gasteiger partial charge in [0.15, 0.2) is 0 Å². The van der Waals surface area contributed by atoms with Crippen LogP contribution in [0, 0.1) is 5.82 Å². The van der Waals surface area contributed by atoms with Crippen LogP contribution in [0.1, 0.15) is 12.5 Å². The number of carbonyl (C=O) groups excluding carboxylic acids is 1. The van der Waals surface area contributed by atoms with Crippen molar-refractivity contribution < 1.29 is 14.3 Å². The number of halogens is 1. The van der Waals surface area contributed by atoms with Crippen LogP contribution in [0.2, 0.25) is 0 Å². The zero-order chi connectivity index (χ0) is 15.3. The van der Waals surface area contributed by atoms with E-state index in [4.69, 9.17) is 0 Å². The zero-order valence-electron chi connectivity index (χ0n) is 11.6. The van der Waals surface area contributed by atoms with E-state index in [0.717, 1.165) is 5.56 Å². The molecule has 1 atom stereocenters. The van der Waals surface area contributed by atoms with E-state index in [1.165, 1.54) is 24.3 Å². The lowest BCUT2D eigenvalue weighted by molar-refractivity contribution is 0.176. The first kappa shape index (κ1) is 15.0. The number of urea groups is 1. The minimum absolute atomic E-state index is 0.242. The molecular formula is C16H17FN2O2. The summed E-state index contributed by atoms with van der Waals surface area (Å²) in [5.41, 5.74) is 0.370. The Morgan fingerprint density at radius 1 is 1.14 bits per heavy atom. The Kier molecular flexibility index (Phi) is 4.55. The van der Waals surface area contributed by atoms with Gasteiger partial charge in [0.25, 0.3) is 0 Å². The molecule has 2 aromatic carbocycles. The molecule has 0 aromatic heterocycles. The zero-order valence-corrected chi connectivity index (χ0v) is 11.6. The van der Waals surface area contributed by atoms with Crippen LogP contribution in [0.15, 0.2) is 54.6 Å². The predicted molar refractivity (Wildman–Crippen MR) is 79.4 cm³/mol. The van der Waals surface area contributed by atoms with Crippen molar-refractivity contribution in [2.45, 2.75) is 12.5 Å². The number of hydrogen-bond acceptors (Lipinski definition) is 2. The predicted octanol–water partition coefficient (Wildman–Crippen LogP) is 2.85. The summed E-state index contributed by atoms with van der Waals surface area (Å²) in [6.07, 6.45) is 0. The number of amides is 2. The minimum atomic E-state index is -0.897. The minimum Gasteiger partial charge on any atom is -0.394 e. The number of anilines is 1. The van der Waals surface area contributed by atoms with E-state index in [2.05, 4.69) is 10.6 Å². The average Bonchev–Trinajstić information content (AvgIpc) is 2.50. The van der Waals surface area contributed by atoms with Crippen molar-refractivity contribution >= 4 is 11.7 Å². The molecule has 1 unspecified atom stereocenters. The van der Waals surface area contributed by atoms with E-state index in [-0.39, 0.29) is 12.4 Å². The highest BCUT2D eigenvalue weighted by Gasteiger charge is 2.27. The maximum Gasteiger partial charge on any atom is 0.320 e. The van der Waals surface area contributed by atoms with E-state index in [1.807, 2.05) is 30.3 Å². The molecule has 2 rings (SSSR count). The molecule has 2 aromatic rings.